The summed E-state index contributed by atoms with van der Waals surface area (Å²) in [5.41, 5.74) is 8.09. The third-order valence-electron chi connectivity index (χ3n) is 4.33. The summed E-state index contributed by atoms with van der Waals surface area (Å²) in [6.07, 6.45) is 4.63. The van der Waals surface area contributed by atoms with Gasteiger partial charge >= 0.3 is 0 Å². The quantitative estimate of drug-likeness (QED) is 0.559. The summed E-state index contributed by atoms with van der Waals surface area (Å²) >= 11 is 0. The number of rotatable bonds is 7. The van der Waals surface area contributed by atoms with Crippen LogP contribution in [0.3, 0.4) is 0 Å². The predicted molar refractivity (Wildman–Crippen MR) is 117 cm³/mol. The number of anilines is 1. The second-order valence-electron chi connectivity index (χ2n) is 7.02. The molecule has 0 fully saturated rings. The number of carbonyl (C=O) groups is 2. The standard InChI is InChI=1S/C24H23N3O3/c1-16(2)18-6-4-7-19(14-18)27-23(28)10-9-17-5-3-8-20(13-17)30-21-11-12-26-22(15-21)24(25)29/h3-16H,1-2H3,(H2,25,29)(H,27,28). The first kappa shape index (κ1) is 20.8. The Kier molecular flexibility index (Phi) is 6.60. The lowest BCUT2D eigenvalue weighted by Gasteiger charge is -2.08. The van der Waals surface area contributed by atoms with Gasteiger partial charge in [-0.25, -0.2) is 0 Å². The minimum atomic E-state index is -0.623. The molecule has 2 amide bonds. The normalized spacial score (nSPS) is 10.9. The number of amides is 2. The van der Waals surface area contributed by atoms with Crippen molar-refractivity contribution in [3.63, 3.8) is 0 Å². The first-order valence-electron chi connectivity index (χ1n) is 9.53. The Hall–Kier alpha value is -3.93. The fourth-order valence-corrected chi connectivity index (χ4v) is 2.76. The Morgan fingerprint density at radius 1 is 1.03 bits per heavy atom. The van der Waals surface area contributed by atoms with Gasteiger partial charge < -0.3 is 15.8 Å². The average molecular weight is 401 g/mol. The number of primary amides is 1. The van der Waals surface area contributed by atoms with E-state index < -0.39 is 5.91 Å². The number of nitrogens with two attached hydrogens (primary N) is 1. The molecule has 0 saturated heterocycles. The van der Waals surface area contributed by atoms with Crippen LogP contribution in [0.15, 0.2) is 72.9 Å². The van der Waals surface area contributed by atoms with Crippen molar-refractivity contribution in [1.82, 2.24) is 4.98 Å². The van der Waals surface area contributed by atoms with Crippen LogP contribution >= 0.6 is 0 Å². The monoisotopic (exact) mass is 401 g/mol. The molecule has 0 aliphatic rings. The number of carbonyl (C=O) groups excluding carboxylic acids is 2. The topological polar surface area (TPSA) is 94.3 Å². The molecule has 30 heavy (non-hydrogen) atoms. The van der Waals surface area contributed by atoms with Crippen molar-refractivity contribution in [2.45, 2.75) is 19.8 Å². The molecule has 0 spiro atoms. The first-order chi connectivity index (χ1) is 14.4. The van der Waals surface area contributed by atoms with Crippen LogP contribution in [0.5, 0.6) is 11.5 Å². The molecule has 152 valence electrons. The molecule has 6 heteroatoms. The molecule has 0 saturated carbocycles. The minimum Gasteiger partial charge on any atom is -0.457 e. The van der Waals surface area contributed by atoms with Gasteiger partial charge in [0.1, 0.15) is 17.2 Å². The second kappa shape index (κ2) is 9.52. The zero-order chi connectivity index (χ0) is 21.5. The van der Waals surface area contributed by atoms with Gasteiger partial charge in [0, 0.05) is 24.0 Å². The van der Waals surface area contributed by atoms with Crippen LogP contribution in [0.4, 0.5) is 5.69 Å². The van der Waals surface area contributed by atoms with Crippen molar-refractivity contribution in [3.8, 4) is 11.5 Å². The largest absolute Gasteiger partial charge is 0.457 e. The highest BCUT2D eigenvalue weighted by atomic mass is 16.5. The van der Waals surface area contributed by atoms with E-state index in [1.165, 1.54) is 18.3 Å². The van der Waals surface area contributed by atoms with Gasteiger partial charge in [0.2, 0.25) is 5.91 Å². The minimum absolute atomic E-state index is 0.127. The van der Waals surface area contributed by atoms with Crippen LogP contribution in [0.1, 0.15) is 41.4 Å². The number of hydrogen-bond acceptors (Lipinski definition) is 4. The Labute approximate surface area is 175 Å². The Morgan fingerprint density at radius 2 is 1.80 bits per heavy atom. The molecule has 6 nitrogen and oxygen atoms in total. The molecule has 0 atom stereocenters. The third-order valence-corrected chi connectivity index (χ3v) is 4.33. The Bertz CT molecular complexity index is 1090. The molecule has 0 bridgehead atoms. The van der Waals surface area contributed by atoms with Crippen molar-refractivity contribution in [1.29, 1.82) is 0 Å². The van der Waals surface area contributed by atoms with E-state index in [9.17, 15) is 9.59 Å². The summed E-state index contributed by atoms with van der Waals surface area (Å²) in [6, 6.07) is 18.1. The van der Waals surface area contributed by atoms with Gasteiger partial charge in [-0.3, -0.25) is 14.6 Å². The average Bonchev–Trinajstić information content (AvgIpc) is 2.73. The lowest BCUT2D eigenvalue weighted by molar-refractivity contribution is -0.111. The van der Waals surface area contributed by atoms with E-state index in [1.54, 1.807) is 24.3 Å². The predicted octanol–water partition coefficient (Wildman–Crippen LogP) is 4.75. The summed E-state index contributed by atoms with van der Waals surface area (Å²) in [7, 11) is 0. The van der Waals surface area contributed by atoms with Crippen molar-refractivity contribution in [2.75, 3.05) is 5.32 Å². The molecule has 3 N–H and O–H groups in total. The first-order valence-corrected chi connectivity index (χ1v) is 9.53. The van der Waals surface area contributed by atoms with Gasteiger partial charge in [-0.1, -0.05) is 38.1 Å². The highest BCUT2D eigenvalue weighted by Crippen LogP contribution is 2.23. The van der Waals surface area contributed by atoms with Crippen LogP contribution < -0.4 is 15.8 Å². The van der Waals surface area contributed by atoms with Crippen LogP contribution in [0, 0.1) is 0 Å². The molecule has 1 heterocycles. The summed E-state index contributed by atoms with van der Waals surface area (Å²) in [5, 5.41) is 2.87. The van der Waals surface area contributed by atoms with Crippen LogP contribution in [0.2, 0.25) is 0 Å². The third kappa shape index (κ3) is 5.78. The van der Waals surface area contributed by atoms with Crippen molar-refractivity contribution >= 4 is 23.6 Å². The van der Waals surface area contributed by atoms with Gasteiger partial charge in [-0.05, 0) is 53.5 Å². The van der Waals surface area contributed by atoms with E-state index in [2.05, 4.69) is 24.1 Å². The van der Waals surface area contributed by atoms with Crippen molar-refractivity contribution in [2.24, 2.45) is 5.73 Å². The van der Waals surface area contributed by atoms with E-state index in [-0.39, 0.29) is 11.6 Å². The Balaban J connectivity index is 1.66. The van der Waals surface area contributed by atoms with Gasteiger partial charge in [0.15, 0.2) is 0 Å². The lowest BCUT2D eigenvalue weighted by Crippen LogP contribution is -2.12. The van der Waals surface area contributed by atoms with Gasteiger partial charge in [0.05, 0.1) is 0 Å². The zero-order valence-electron chi connectivity index (χ0n) is 16.8. The van der Waals surface area contributed by atoms with Gasteiger partial charge in [-0.2, -0.15) is 0 Å². The van der Waals surface area contributed by atoms with E-state index in [1.807, 2.05) is 36.4 Å². The van der Waals surface area contributed by atoms with E-state index in [4.69, 9.17) is 10.5 Å². The SMILES string of the molecule is CC(C)c1cccc(NC(=O)C=Cc2cccc(Oc3ccnc(C(N)=O)c3)c2)c1. The molecule has 0 aliphatic carbocycles. The summed E-state index contributed by atoms with van der Waals surface area (Å²) in [4.78, 5) is 27.4. The van der Waals surface area contributed by atoms with Crippen molar-refractivity contribution < 1.29 is 14.3 Å². The number of ether oxygens (including phenoxy) is 1. The number of pyridine rings is 1. The number of aromatic nitrogens is 1. The summed E-state index contributed by atoms with van der Waals surface area (Å²) in [6.45, 7) is 4.22. The summed E-state index contributed by atoms with van der Waals surface area (Å²) in [5.74, 6) is 0.552. The van der Waals surface area contributed by atoms with Gasteiger partial charge in [0.25, 0.3) is 5.91 Å². The molecular weight excluding hydrogens is 378 g/mol. The second-order valence-corrected chi connectivity index (χ2v) is 7.02. The van der Waals surface area contributed by atoms with E-state index >= 15 is 0 Å². The highest BCUT2D eigenvalue weighted by molar-refractivity contribution is 6.02. The molecule has 3 aromatic rings. The maximum absolute atomic E-state index is 12.3. The molecule has 1 aromatic heterocycles. The maximum Gasteiger partial charge on any atom is 0.267 e. The number of benzene rings is 2. The van der Waals surface area contributed by atoms with E-state index in [0.717, 1.165) is 16.8 Å². The molecule has 3 rings (SSSR count). The van der Waals surface area contributed by atoms with Crippen LogP contribution in [-0.4, -0.2) is 16.8 Å². The number of hydrogen-bond donors (Lipinski definition) is 2. The number of nitrogens with zero attached hydrogens (tertiary/aromatic N) is 1. The molecular formula is C24H23N3O3. The van der Waals surface area contributed by atoms with Gasteiger partial charge in [-0.15, -0.1) is 0 Å². The zero-order valence-corrected chi connectivity index (χ0v) is 16.8. The maximum atomic E-state index is 12.3. The molecule has 2 aromatic carbocycles. The fraction of sp³-hybridized carbons (Fsp3) is 0.125. The lowest BCUT2D eigenvalue weighted by atomic mass is 10.0. The fourth-order valence-electron chi connectivity index (χ4n) is 2.76. The smallest absolute Gasteiger partial charge is 0.267 e. The molecule has 0 unspecified atom stereocenters. The van der Waals surface area contributed by atoms with Crippen LogP contribution in [0.25, 0.3) is 6.08 Å². The highest BCUT2D eigenvalue weighted by Gasteiger charge is 2.05. The Morgan fingerprint density at radius 3 is 2.57 bits per heavy atom. The van der Waals surface area contributed by atoms with Crippen molar-refractivity contribution in [3.05, 3.63) is 89.8 Å². The van der Waals surface area contributed by atoms with E-state index in [0.29, 0.717) is 17.4 Å². The number of nitrogens with one attached hydrogen (secondary N) is 1. The molecule has 0 radical (unpaired) electrons. The van der Waals surface area contributed by atoms with Crippen LogP contribution in [-0.2, 0) is 4.79 Å². The molecule has 0 aliphatic heterocycles. The summed E-state index contributed by atoms with van der Waals surface area (Å²) < 4.78 is 5.77.